The van der Waals surface area contributed by atoms with Gasteiger partial charge in [0.1, 0.15) is 18.0 Å². The van der Waals surface area contributed by atoms with Gasteiger partial charge in [0.05, 0.1) is 11.6 Å². The van der Waals surface area contributed by atoms with E-state index in [1.807, 2.05) is 17.0 Å². The molecule has 1 unspecified atom stereocenters. The first-order valence-corrected chi connectivity index (χ1v) is 9.06. The van der Waals surface area contributed by atoms with Crippen molar-refractivity contribution in [1.82, 2.24) is 4.90 Å². The first-order chi connectivity index (χ1) is 11.6. The number of methoxy groups -OCH3 is 1. The van der Waals surface area contributed by atoms with E-state index in [1.165, 1.54) is 18.2 Å². The topological polar surface area (TPSA) is 59.0 Å². The predicted octanol–water partition coefficient (Wildman–Crippen LogP) is 2.39. The van der Waals surface area contributed by atoms with Crippen molar-refractivity contribution in [3.8, 4) is 5.75 Å². The Balaban J connectivity index is 1.75. The van der Waals surface area contributed by atoms with E-state index in [-0.39, 0.29) is 29.6 Å². The molecule has 0 radical (unpaired) electrons. The lowest BCUT2D eigenvalue weighted by atomic mass is 9.53. The second kappa shape index (κ2) is 4.76. The first-order valence-electron chi connectivity index (χ1n) is 8.27. The average molecular weight is 392 g/mol. The van der Waals surface area contributed by atoms with E-state index in [4.69, 9.17) is 9.47 Å². The highest BCUT2D eigenvalue weighted by atomic mass is 79.9. The number of hydrogen-bond donors (Lipinski definition) is 1. The zero-order chi connectivity index (χ0) is 16.6. The van der Waals surface area contributed by atoms with Crippen LogP contribution in [-0.4, -0.2) is 48.0 Å². The normalized spacial score (nSPS) is 37.7. The Labute approximate surface area is 148 Å². The standard InChI is InChI=1S/C18H18BrNO4/c1-23-17(22)20-7-6-18-10-3-5-13(21)16(18)24-15-11(19)4-2-9(14(15)18)8-12(10)20/h2-5,10,12-13,16,21H,6-8H2,1H3/t10-,12?,13-,16-,18-/m0/s1. The van der Waals surface area contributed by atoms with Gasteiger partial charge >= 0.3 is 6.09 Å². The molecule has 2 aliphatic heterocycles. The minimum absolute atomic E-state index is 0.0423. The van der Waals surface area contributed by atoms with Crippen LogP contribution < -0.4 is 4.74 Å². The molecule has 1 spiro atoms. The maximum Gasteiger partial charge on any atom is 0.409 e. The fourth-order valence-corrected chi connectivity index (χ4v) is 5.81. The Morgan fingerprint density at radius 3 is 3.08 bits per heavy atom. The molecule has 1 N–H and O–H groups in total. The molecule has 0 aromatic heterocycles. The van der Waals surface area contributed by atoms with E-state index in [2.05, 4.69) is 28.1 Å². The van der Waals surface area contributed by atoms with Crippen molar-refractivity contribution in [1.29, 1.82) is 0 Å². The SMILES string of the molecule is COC(=O)N1CC[C@]23c4c5ccc(Br)c4O[C@H]2[C@@H](O)C=C[C@H]3C1C5. The number of ether oxygens (including phenoxy) is 2. The van der Waals surface area contributed by atoms with Gasteiger partial charge in [-0.1, -0.05) is 18.2 Å². The van der Waals surface area contributed by atoms with Crippen LogP contribution in [0.4, 0.5) is 4.79 Å². The Bertz CT molecular complexity index is 779. The quantitative estimate of drug-likeness (QED) is 0.689. The van der Waals surface area contributed by atoms with Crippen molar-refractivity contribution < 1.29 is 19.4 Å². The molecule has 4 aliphatic rings. The summed E-state index contributed by atoms with van der Waals surface area (Å²) in [5, 5.41) is 10.6. The minimum atomic E-state index is -0.628. The molecule has 24 heavy (non-hydrogen) atoms. The third-order valence-electron chi connectivity index (χ3n) is 6.25. The van der Waals surface area contributed by atoms with Crippen molar-refractivity contribution in [3.05, 3.63) is 39.9 Å². The van der Waals surface area contributed by atoms with Gasteiger partial charge in [-0.3, -0.25) is 0 Å². The minimum Gasteiger partial charge on any atom is -0.485 e. The van der Waals surface area contributed by atoms with Crippen LogP contribution in [0.2, 0.25) is 0 Å². The highest BCUT2D eigenvalue weighted by molar-refractivity contribution is 9.10. The van der Waals surface area contributed by atoms with Gasteiger partial charge in [-0.05, 0) is 40.4 Å². The number of halogens is 1. The maximum atomic E-state index is 12.3. The summed E-state index contributed by atoms with van der Waals surface area (Å²) in [7, 11) is 1.43. The Hall–Kier alpha value is -1.53. The van der Waals surface area contributed by atoms with Gasteiger partial charge in [0.15, 0.2) is 0 Å². The average Bonchev–Trinajstić information content (AvgIpc) is 2.93. The number of nitrogens with zero attached hydrogens (tertiary/aromatic N) is 1. The predicted molar refractivity (Wildman–Crippen MR) is 90.1 cm³/mol. The molecule has 1 aromatic rings. The summed E-state index contributed by atoms with van der Waals surface area (Å²) >= 11 is 3.60. The number of aliphatic hydroxyl groups is 1. The van der Waals surface area contributed by atoms with E-state index in [0.717, 1.165) is 23.1 Å². The fourth-order valence-electron chi connectivity index (χ4n) is 5.38. The maximum absolute atomic E-state index is 12.3. The molecule has 126 valence electrons. The lowest BCUT2D eigenvalue weighted by Crippen LogP contribution is -2.66. The third kappa shape index (κ3) is 1.56. The third-order valence-corrected chi connectivity index (χ3v) is 6.88. The lowest BCUT2D eigenvalue weighted by Gasteiger charge is -2.56. The lowest BCUT2D eigenvalue weighted by molar-refractivity contribution is -0.0470. The number of hydrogen-bond acceptors (Lipinski definition) is 4. The number of amides is 1. The van der Waals surface area contributed by atoms with Crippen molar-refractivity contribution in [2.24, 2.45) is 5.92 Å². The van der Waals surface area contributed by atoms with Crippen LogP contribution in [0.25, 0.3) is 0 Å². The molecule has 1 saturated heterocycles. The van der Waals surface area contributed by atoms with E-state index in [9.17, 15) is 9.90 Å². The van der Waals surface area contributed by atoms with E-state index in [0.29, 0.717) is 6.54 Å². The molecule has 2 bridgehead atoms. The smallest absolute Gasteiger partial charge is 0.409 e. The summed E-state index contributed by atoms with van der Waals surface area (Å²) in [6, 6.07) is 4.16. The fraction of sp³-hybridized carbons (Fsp3) is 0.500. The molecule has 2 heterocycles. The molecule has 5 rings (SSSR count). The monoisotopic (exact) mass is 391 g/mol. The largest absolute Gasteiger partial charge is 0.485 e. The number of likely N-dealkylation sites (tertiary alicyclic amines) is 1. The molecule has 5 atom stereocenters. The highest BCUT2D eigenvalue weighted by Gasteiger charge is 2.65. The van der Waals surface area contributed by atoms with Crippen LogP contribution in [0.15, 0.2) is 28.8 Å². The highest BCUT2D eigenvalue weighted by Crippen LogP contribution is 2.62. The van der Waals surface area contributed by atoms with Crippen molar-refractivity contribution in [2.45, 2.75) is 36.5 Å². The van der Waals surface area contributed by atoms with E-state index >= 15 is 0 Å². The molecular weight excluding hydrogens is 374 g/mol. The number of aliphatic hydroxyl groups excluding tert-OH is 1. The Morgan fingerprint density at radius 2 is 2.29 bits per heavy atom. The number of benzene rings is 1. The van der Waals surface area contributed by atoms with E-state index < -0.39 is 6.10 Å². The number of carbonyl (C=O) groups excluding carboxylic acids is 1. The first kappa shape index (κ1) is 14.8. The van der Waals surface area contributed by atoms with Crippen LogP contribution in [0, 0.1) is 5.92 Å². The van der Waals surface area contributed by atoms with Gasteiger partial charge in [-0.15, -0.1) is 0 Å². The van der Waals surface area contributed by atoms with Crippen LogP contribution in [0.1, 0.15) is 17.5 Å². The van der Waals surface area contributed by atoms with Gasteiger partial charge in [0, 0.05) is 29.5 Å². The molecule has 1 aromatic carbocycles. The summed E-state index contributed by atoms with van der Waals surface area (Å²) in [5.74, 6) is 1.01. The second-order valence-electron chi connectivity index (χ2n) is 7.08. The molecule has 1 fully saturated rings. The van der Waals surface area contributed by atoms with Crippen molar-refractivity contribution in [3.63, 3.8) is 0 Å². The summed E-state index contributed by atoms with van der Waals surface area (Å²) in [6.07, 6.45) is 4.28. The van der Waals surface area contributed by atoms with Crippen LogP contribution in [0.3, 0.4) is 0 Å². The molecule has 6 heteroatoms. The summed E-state index contributed by atoms with van der Waals surface area (Å²) in [6.45, 7) is 0.625. The number of rotatable bonds is 0. The second-order valence-corrected chi connectivity index (χ2v) is 7.93. The van der Waals surface area contributed by atoms with Gasteiger partial charge < -0.3 is 19.5 Å². The number of piperidine rings is 1. The summed E-state index contributed by atoms with van der Waals surface area (Å²) < 4.78 is 12.2. The molecule has 5 nitrogen and oxygen atoms in total. The Kier molecular flexibility index (Phi) is 2.93. The van der Waals surface area contributed by atoms with Crippen LogP contribution >= 0.6 is 15.9 Å². The van der Waals surface area contributed by atoms with Crippen LogP contribution in [0.5, 0.6) is 5.75 Å². The van der Waals surface area contributed by atoms with Crippen molar-refractivity contribution >= 4 is 22.0 Å². The summed E-state index contributed by atoms with van der Waals surface area (Å²) in [4.78, 5) is 14.1. The molecule has 0 saturated carbocycles. The molecular formula is C18H18BrNO4. The van der Waals surface area contributed by atoms with Crippen LogP contribution in [-0.2, 0) is 16.6 Å². The Morgan fingerprint density at radius 1 is 1.46 bits per heavy atom. The molecule has 1 amide bonds. The summed E-state index contributed by atoms with van der Waals surface area (Å²) in [5.41, 5.74) is 2.19. The van der Waals surface area contributed by atoms with Gasteiger partial charge in [0.2, 0.25) is 0 Å². The van der Waals surface area contributed by atoms with E-state index in [1.54, 1.807) is 0 Å². The zero-order valence-electron chi connectivity index (χ0n) is 13.2. The van der Waals surface area contributed by atoms with Gasteiger partial charge in [0.25, 0.3) is 0 Å². The number of carbonyl (C=O) groups is 1. The molecule has 2 aliphatic carbocycles. The van der Waals surface area contributed by atoms with Crippen molar-refractivity contribution in [2.75, 3.05) is 13.7 Å². The van der Waals surface area contributed by atoms with Gasteiger partial charge in [-0.2, -0.15) is 0 Å². The zero-order valence-corrected chi connectivity index (χ0v) is 14.8. The van der Waals surface area contributed by atoms with Gasteiger partial charge in [-0.25, -0.2) is 4.79 Å².